The molecule has 2 aromatic carbocycles. The molecule has 0 unspecified atom stereocenters. The second kappa shape index (κ2) is 7.31. The number of hydrogen-bond donors (Lipinski definition) is 1. The van der Waals surface area contributed by atoms with Crippen molar-refractivity contribution in [2.75, 3.05) is 13.1 Å². The van der Waals surface area contributed by atoms with Crippen LogP contribution in [-0.2, 0) is 0 Å². The van der Waals surface area contributed by atoms with Gasteiger partial charge in [0.1, 0.15) is 0 Å². The highest BCUT2D eigenvalue weighted by Crippen LogP contribution is 2.25. The van der Waals surface area contributed by atoms with Gasteiger partial charge >= 0.3 is 0 Å². The van der Waals surface area contributed by atoms with E-state index < -0.39 is 5.91 Å². The van der Waals surface area contributed by atoms with Gasteiger partial charge in [-0.1, -0.05) is 53.2 Å². The molecular formula is C21H19N5O3. The average Bonchev–Trinajstić information content (AvgIpc) is 3.17. The van der Waals surface area contributed by atoms with Crippen LogP contribution in [-0.4, -0.2) is 50.6 Å². The summed E-state index contributed by atoms with van der Waals surface area (Å²) in [6.45, 7) is 2.77. The number of carbonyl (C=O) groups excluding carboxylic acids is 3. The van der Waals surface area contributed by atoms with E-state index in [0.717, 1.165) is 5.56 Å². The number of carbonyl (C=O) groups is 3. The number of ketones is 1. The lowest BCUT2D eigenvalue weighted by atomic mass is 9.96. The molecule has 3 aromatic rings. The van der Waals surface area contributed by atoms with Crippen LogP contribution in [0.4, 0.5) is 0 Å². The molecule has 1 aliphatic rings. The van der Waals surface area contributed by atoms with Crippen molar-refractivity contribution in [3.05, 3.63) is 82.7 Å². The van der Waals surface area contributed by atoms with Crippen LogP contribution in [0.25, 0.3) is 0 Å². The van der Waals surface area contributed by atoms with Crippen molar-refractivity contribution in [3.8, 4) is 0 Å². The van der Waals surface area contributed by atoms with E-state index in [1.165, 1.54) is 10.9 Å². The molecule has 0 aliphatic carbocycles. The molecule has 0 bridgehead atoms. The Kier molecular flexibility index (Phi) is 4.67. The molecule has 1 aromatic heterocycles. The van der Waals surface area contributed by atoms with Crippen LogP contribution in [0.1, 0.15) is 48.4 Å². The van der Waals surface area contributed by atoms with Crippen molar-refractivity contribution in [3.63, 3.8) is 0 Å². The highest BCUT2D eigenvalue weighted by molar-refractivity contribution is 6.15. The summed E-state index contributed by atoms with van der Waals surface area (Å²) in [5.41, 5.74) is 7.62. The minimum atomic E-state index is -0.646. The van der Waals surface area contributed by atoms with Crippen molar-refractivity contribution in [2.45, 2.75) is 13.0 Å². The molecule has 1 fully saturated rings. The molecule has 2 amide bonds. The highest BCUT2D eigenvalue weighted by Gasteiger charge is 2.35. The Morgan fingerprint density at radius 1 is 1.00 bits per heavy atom. The van der Waals surface area contributed by atoms with Crippen LogP contribution >= 0.6 is 0 Å². The maximum atomic E-state index is 13.0. The Labute approximate surface area is 166 Å². The Morgan fingerprint density at radius 2 is 1.66 bits per heavy atom. The number of rotatable bonds is 5. The topological polar surface area (TPSA) is 111 Å². The van der Waals surface area contributed by atoms with E-state index >= 15 is 0 Å². The molecule has 29 heavy (non-hydrogen) atoms. The van der Waals surface area contributed by atoms with E-state index in [-0.39, 0.29) is 23.4 Å². The zero-order valence-corrected chi connectivity index (χ0v) is 15.8. The van der Waals surface area contributed by atoms with E-state index in [4.69, 9.17) is 5.73 Å². The summed E-state index contributed by atoms with van der Waals surface area (Å²) < 4.78 is 1.53. The maximum absolute atomic E-state index is 13.0. The Morgan fingerprint density at radius 3 is 2.28 bits per heavy atom. The van der Waals surface area contributed by atoms with Crippen molar-refractivity contribution in [1.82, 2.24) is 19.9 Å². The molecule has 0 spiro atoms. The summed E-state index contributed by atoms with van der Waals surface area (Å²) >= 11 is 0. The summed E-state index contributed by atoms with van der Waals surface area (Å²) in [5.74, 6) is -1.05. The molecule has 146 valence electrons. The number of likely N-dealkylation sites (tertiary alicyclic amines) is 1. The van der Waals surface area contributed by atoms with Gasteiger partial charge < -0.3 is 10.6 Å². The zero-order chi connectivity index (χ0) is 20.5. The Balaban J connectivity index is 1.51. The minimum Gasteiger partial charge on any atom is -0.364 e. The first-order valence-corrected chi connectivity index (χ1v) is 9.15. The van der Waals surface area contributed by atoms with Gasteiger partial charge in [-0.25, -0.2) is 4.68 Å². The van der Waals surface area contributed by atoms with E-state index in [0.29, 0.717) is 29.8 Å². The number of primary amides is 1. The fourth-order valence-electron chi connectivity index (χ4n) is 3.25. The normalized spacial score (nSPS) is 13.8. The van der Waals surface area contributed by atoms with Gasteiger partial charge in [-0.15, -0.1) is 5.10 Å². The molecule has 8 nitrogen and oxygen atoms in total. The van der Waals surface area contributed by atoms with Crippen LogP contribution in [0.3, 0.4) is 0 Å². The van der Waals surface area contributed by atoms with Crippen LogP contribution in [0.2, 0.25) is 0 Å². The second-order valence-electron chi connectivity index (χ2n) is 7.05. The number of amides is 2. The first kappa shape index (κ1) is 18.5. The van der Waals surface area contributed by atoms with Gasteiger partial charge in [0.25, 0.3) is 11.8 Å². The predicted molar refractivity (Wildman–Crippen MR) is 105 cm³/mol. The monoisotopic (exact) mass is 389 g/mol. The van der Waals surface area contributed by atoms with Crippen LogP contribution in [0, 0.1) is 6.92 Å². The molecule has 0 saturated carbocycles. The molecule has 2 heterocycles. The number of hydrogen-bond acceptors (Lipinski definition) is 5. The summed E-state index contributed by atoms with van der Waals surface area (Å²) in [4.78, 5) is 38.7. The van der Waals surface area contributed by atoms with Gasteiger partial charge in [0.05, 0.1) is 17.8 Å². The third kappa shape index (κ3) is 3.52. The number of aromatic nitrogens is 3. The van der Waals surface area contributed by atoms with Gasteiger partial charge in [0.2, 0.25) is 0 Å². The Hall–Kier alpha value is -3.81. The van der Waals surface area contributed by atoms with Crippen LogP contribution < -0.4 is 5.73 Å². The van der Waals surface area contributed by atoms with E-state index in [2.05, 4.69) is 10.3 Å². The standard InChI is InChI=1S/C21H19N5O3/c1-13-6-8-14(9-7-13)19(27)16-4-2-3-5-17(16)21(29)25-10-15(11-25)26-12-18(20(22)28)23-24-26/h2-9,12,15H,10-11H2,1H3,(H2,22,28). The molecular weight excluding hydrogens is 370 g/mol. The van der Waals surface area contributed by atoms with Crippen LogP contribution in [0.5, 0.6) is 0 Å². The van der Waals surface area contributed by atoms with Gasteiger partial charge in [0, 0.05) is 24.2 Å². The zero-order valence-electron chi connectivity index (χ0n) is 15.8. The highest BCUT2D eigenvalue weighted by atomic mass is 16.2. The smallest absolute Gasteiger partial charge is 0.270 e. The number of aryl methyl sites for hydroxylation is 1. The number of nitrogens with two attached hydrogens (primary N) is 1. The molecule has 0 radical (unpaired) electrons. The van der Waals surface area contributed by atoms with Gasteiger partial charge in [-0.3, -0.25) is 14.4 Å². The fraction of sp³-hybridized carbons (Fsp3) is 0.190. The largest absolute Gasteiger partial charge is 0.364 e. The lowest BCUT2D eigenvalue weighted by molar-refractivity contribution is 0.0496. The lowest BCUT2D eigenvalue weighted by Gasteiger charge is -2.39. The van der Waals surface area contributed by atoms with Gasteiger partial charge in [-0.05, 0) is 13.0 Å². The molecule has 0 atom stereocenters. The molecule has 4 rings (SSSR count). The third-order valence-corrected chi connectivity index (χ3v) is 5.00. The minimum absolute atomic E-state index is 0.0838. The van der Waals surface area contributed by atoms with Gasteiger partial charge in [-0.2, -0.15) is 0 Å². The molecule has 8 heteroatoms. The molecule has 1 saturated heterocycles. The van der Waals surface area contributed by atoms with Crippen molar-refractivity contribution >= 4 is 17.6 Å². The summed E-state index contributed by atoms with van der Waals surface area (Å²) in [6.07, 6.45) is 1.48. The van der Waals surface area contributed by atoms with E-state index in [9.17, 15) is 14.4 Å². The van der Waals surface area contributed by atoms with Crippen LogP contribution in [0.15, 0.2) is 54.7 Å². The first-order valence-electron chi connectivity index (χ1n) is 9.15. The summed E-state index contributed by atoms with van der Waals surface area (Å²) in [6, 6.07) is 14.0. The number of nitrogens with zero attached hydrogens (tertiary/aromatic N) is 4. The number of benzene rings is 2. The van der Waals surface area contributed by atoms with E-state index in [1.807, 2.05) is 19.1 Å². The molecule has 1 aliphatic heterocycles. The van der Waals surface area contributed by atoms with E-state index in [1.54, 1.807) is 41.3 Å². The third-order valence-electron chi connectivity index (χ3n) is 5.00. The second-order valence-corrected chi connectivity index (χ2v) is 7.05. The SMILES string of the molecule is Cc1ccc(C(=O)c2ccccc2C(=O)N2CC(n3cc(C(N)=O)nn3)C2)cc1. The van der Waals surface area contributed by atoms with Gasteiger partial charge in [0.15, 0.2) is 11.5 Å². The fourth-order valence-corrected chi connectivity index (χ4v) is 3.25. The maximum Gasteiger partial charge on any atom is 0.270 e. The Bertz CT molecular complexity index is 1100. The molecule has 2 N–H and O–H groups in total. The van der Waals surface area contributed by atoms with Crippen molar-refractivity contribution in [1.29, 1.82) is 0 Å². The predicted octanol–water partition coefficient (Wildman–Crippen LogP) is 1.61. The lowest BCUT2D eigenvalue weighted by Crippen LogP contribution is -2.51. The summed E-state index contributed by atoms with van der Waals surface area (Å²) in [5, 5.41) is 7.61. The van der Waals surface area contributed by atoms with Crippen molar-refractivity contribution < 1.29 is 14.4 Å². The average molecular weight is 389 g/mol. The summed E-state index contributed by atoms with van der Waals surface area (Å²) in [7, 11) is 0. The van der Waals surface area contributed by atoms with Crippen molar-refractivity contribution in [2.24, 2.45) is 5.73 Å². The first-order chi connectivity index (χ1) is 13.9. The quantitative estimate of drug-likeness (QED) is 0.667.